The van der Waals surface area contributed by atoms with E-state index in [1.807, 2.05) is 13.0 Å². The summed E-state index contributed by atoms with van der Waals surface area (Å²) >= 11 is 4.97. The van der Waals surface area contributed by atoms with Gasteiger partial charge in [-0.05, 0) is 19.4 Å². The second-order valence-electron chi connectivity index (χ2n) is 2.60. The van der Waals surface area contributed by atoms with E-state index in [0.29, 0.717) is 4.64 Å². The van der Waals surface area contributed by atoms with Crippen molar-refractivity contribution in [3.63, 3.8) is 0 Å². The van der Waals surface area contributed by atoms with Gasteiger partial charge in [0.1, 0.15) is 10.5 Å². The topological polar surface area (TPSA) is 28.7 Å². The Morgan fingerprint density at radius 1 is 1.64 bits per heavy atom. The molecule has 0 aliphatic carbocycles. The van der Waals surface area contributed by atoms with Crippen molar-refractivity contribution < 1.29 is 0 Å². The number of aromatic amines is 1. The zero-order valence-corrected chi connectivity index (χ0v) is 7.66. The summed E-state index contributed by atoms with van der Waals surface area (Å²) in [6.07, 6.45) is 2.08. The van der Waals surface area contributed by atoms with Crippen LogP contribution in [0.25, 0.3) is 0 Å². The summed E-state index contributed by atoms with van der Waals surface area (Å²) in [4.78, 5) is 7.35. The quantitative estimate of drug-likeness (QED) is 0.687. The highest BCUT2D eigenvalue weighted by Gasteiger charge is 1.93. The fourth-order valence-corrected chi connectivity index (χ4v) is 1.28. The molecule has 0 aliphatic rings. The van der Waals surface area contributed by atoms with Crippen LogP contribution in [-0.4, -0.2) is 9.97 Å². The van der Waals surface area contributed by atoms with Crippen LogP contribution in [0.4, 0.5) is 0 Å². The monoisotopic (exact) mass is 168 g/mol. The van der Waals surface area contributed by atoms with Crippen molar-refractivity contribution in [3.8, 4) is 0 Å². The van der Waals surface area contributed by atoms with Crippen molar-refractivity contribution >= 4 is 12.2 Å². The Morgan fingerprint density at radius 2 is 2.36 bits per heavy atom. The summed E-state index contributed by atoms with van der Waals surface area (Å²) in [5.74, 6) is 0.998. The third-order valence-corrected chi connectivity index (χ3v) is 1.62. The first-order valence-electron chi connectivity index (χ1n) is 3.79. The summed E-state index contributed by atoms with van der Waals surface area (Å²) in [7, 11) is 0. The van der Waals surface area contributed by atoms with Gasteiger partial charge in [0.15, 0.2) is 0 Å². The molecule has 0 spiro atoms. The van der Waals surface area contributed by atoms with Crippen molar-refractivity contribution in [2.45, 2.75) is 26.7 Å². The van der Waals surface area contributed by atoms with Crippen LogP contribution in [0, 0.1) is 11.6 Å². The van der Waals surface area contributed by atoms with Crippen molar-refractivity contribution in [2.75, 3.05) is 0 Å². The summed E-state index contributed by atoms with van der Waals surface area (Å²) in [6, 6.07) is 1.87. The first-order valence-corrected chi connectivity index (χ1v) is 4.20. The predicted molar refractivity (Wildman–Crippen MR) is 48.2 cm³/mol. The van der Waals surface area contributed by atoms with Gasteiger partial charge in [0.2, 0.25) is 0 Å². The molecular formula is C8H12N2S. The minimum absolute atomic E-state index is 0.685. The van der Waals surface area contributed by atoms with Gasteiger partial charge in [0, 0.05) is 12.1 Å². The molecule has 11 heavy (non-hydrogen) atoms. The van der Waals surface area contributed by atoms with Gasteiger partial charge < -0.3 is 4.98 Å². The van der Waals surface area contributed by atoms with Crippen molar-refractivity contribution in [1.29, 1.82) is 0 Å². The molecule has 0 aromatic carbocycles. The third-order valence-electron chi connectivity index (χ3n) is 1.41. The van der Waals surface area contributed by atoms with E-state index in [1.165, 1.54) is 0 Å². The van der Waals surface area contributed by atoms with Crippen LogP contribution >= 0.6 is 12.2 Å². The molecule has 0 atom stereocenters. The smallest absolute Gasteiger partial charge is 0.129 e. The van der Waals surface area contributed by atoms with Gasteiger partial charge in [0.05, 0.1) is 0 Å². The first-order chi connectivity index (χ1) is 5.22. The maximum atomic E-state index is 4.97. The summed E-state index contributed by atoms with van der Waals surface area (Å²) in [6.45, 7) is 4.12. The van der Waals surface area contributed by atoms with E-state index in [9.17, 15) is 0 Å². The van der Waals surface area contributed by atoms with Crippen LogP contribution in [0.3, 0.4) is 0 Å². The average Bonchev–Trinajstić information content (AvgIpc) is 1.85. The Kier molecular flexibility index (Phi) is 2.76. The highest BCUT2D eigenvalue weighted by molar-refractivity contribution is 7.71. The number of hydrogen-bond donors (Lipinski definition) is 1. The third kappa shape index (κ3) is 2.42. The highest BCUT2D eigenvalue weighted by Crippen LogP contribution is 1.98. The molecule has 2 nitrogen and oxygen atoms in total. The van der Waals surface area contributed by atoms with Crippen LogP contribution in [0.2, 0.25) is 0 Å². The molecule has 1 aromatic heterocycles. The molecule has 1 rings (SSSR count). The van der Waals surface area contributed by atoms with E-state index in [0.717, 1.165) is 24.4 Å². The number of hydrogen-bond acceptors (Lipinski definition) is 2. The second-order valence-corrected chi connectivity index (χ2v) is 3.02. The van der Waals surface area contributed by atoms with E-state index in [1.54, 1.807) is 0 Å². The maximum Gasteiger partial charge on any atom is 0.129 e. The Labute approximate surface area is 71.7 Å². The molecule has 0 bridgehead atoms. The largest absolute Gasteiger partial charge is 0.347 e. The molecule has 1 aromatic rings. The van der Waals surface area contributed by atoms with E-state index < -0.39 is 0 Å². The molecule has 3 heteroatoms. The fraction of sp³-hybridized carbons (Fsp3) is 0.500. The van der Waals surface area contributed by atoms with Crippen LogP contribution in [0.5, 0.6) is 0 Å². The Balaban J connectivity index is 2.99. The maximum absolute atomic E-state index is 4.97. The van der Waals surface area contributed by atoms with Gasteiger partial charge >= 0.3 is 0 Å². The lowest BCUT2D eigenvalue weighted by Gasteiger charge is -1.99. The first kappa shape index (κ1) is 8.40. The molecule has 0 aliphatic heterocycles. The van der Waals surface area contributed by atoms with Gasteiger partial charge in [-0.3, -0.25) is 0 Å². The predicted octanol–water partition coefficient (Wildman–Crippen LogP) is 2.40. The number of nitrogens with one attached hydrogen (secondary N) is 1. The van der Waals surface area contributed by atoms with Crippen LogP contribution in [-0.2, 0) is 6.42 Å². The molecule has 1 N–H and O–H groups in total. The van der Waals surface area contributed by atoms with Gasteiger partial charge in [0.25, 0.3) is 0 Å². The zero-order chi connectivity index (χ0) is 8.27. The molecule has 0 amide bonds. The second kappa shape index (κ2) is 3.62. The SMILES string of the molecule is CCCc1nc(=S)cc(C)[nH]1. The molecule has 1 heterocycles. The molecule has 0 fully saturated rings. The number of nitrogens with zero attached hydrogens (tertiary/aromatic N) is 1. The van der Waals surface area contributed by atoms with Gasteiger partial charge in [-0.2, -0.15) is 0 Å². The van der Waals surface area contributed by atoms with E-state index in [2.05, 4.69) is 16.9 Å². The zero-order valence-electron chi connectivity index (χ0n) is 6.85. The number of aromatic nitrogens is 2. The lowest BCUT2D eigenvalue weighted by Crippen LogP contribution is -1.95. The Bertz CT molecular complexity index is 290. The fourth-order valence-electron chi connectivity index (χ4n) is 0.997. The lowest BCUT2D eigenvalue weighted by molar-refractivity contribution is 0.821. The summed E-state index contributed by atoms with van der Waals surface area (Å²) < 4.78 is 0.685. The molecule has 0 unspecified atom stereocenters. The van der Waals surface area contributed by atoms with Crippen molar-refractivity contribution in [1.82, 2.24) is 9.97 Å². The number of rotatable bonds is 2. The molecule has 0 saturated carbocycles. The van der Waals surface area contributed by atoms with Gasteiger partial charge in [-0.15, -0.1) is 0 Å². The minimum Gasteiger partial charge on any atom is -0.347 e. The lowest BCUT2D eigenvalue weighted by atomic mass is 10.3. The molecule has 0 saturated heterocycles. The normalized spacial score (nSPS) is 10.0. The standard InChI is InChI=1S/C8H12N2S/c1-3-4-7-9-6(2)5-8(11)10-7/h5H,3-4H2,1-2H3,(H,9,10,11). The van der Waals surface area contributed by atoms with E-state index in [4.69, 9.17) is 12.2 Å². The molecular weight excluding hydrogens is 156 g/mol. The summed E-state index contributed by atoms with van der Waals surface area (Å²) in [5.41, 5.74) is 1.09. The number of H-pyrrole nitrogens is 1. The van der Waals surface area contributed by atoms with Crippen LogP contribution in [0.1, 0.15) is 24.9 Å². The summed E-state index contributed by atoms with van der Waals surface area (Å²) in [5, 5.41) is 0. The highest BCUT2D eigenvalue weighted by atomic mass is 32.1. The van der Waals surface area contributed by atoms with Crippen LogP contribution < -0.4 is 0 Å². The van der Waals surface area contributed by atoms with E-state index >= 15 is 0 Å². The average molecular weight is 168 g/mol. The van der Waals surface area contributed by atoms with E-state index in [-0.39, 0.29) is 0 Å². The Hall–Kier alpha value is -0.700. The Morgan fingerprint density at radius 3 is 2.91 bits per heavy atom. The van der Waals surface area contributed by atoms with Crippen LogP contribution in [0.15, 0.2) is 6.07 Å². The molecule has 60 valence electrons. The molecule has 0 radical (unpaired) electrons. The van der Waals surface area contributed by atoms with Gasteiger partial charge in [-0.25, -0.2) is 4.98 Å². The van der Waals surface area contributed by atoms with Crippen molar-refractivity contribution in [2.24, 2.45) is 0 Å². The minimum atomic E-state index is 0.685. The van der Waals surface area contributed by atoms with Crippen molar-refractivity contribution in [3.05, 3.63) is 22.2 Å². The van der Waals surface area contributed by atoms with Gasteiger partial charge in [-0.1, -0.05) is 19.1 Å². The number of aryl methyl sites for hydroxylation is 2.